The highest BCUT2D eigenvalue weighted by Gasteiger charge is 2.42. The lowest BCUT2D eigenvalue weighted by Gasteiger charge is -2.31. The van der Waals surface area contributed by atoms with Gasteiger partial charge in [0.15, 0.2) is 0 Å². The summed E-state index contributed by atoms with van der Waals surface area (Å²) in [5, 5.41) is 13.9. The molecule has 0 fully saturated rings. The van der Waals surface area contributed by atoms with Crippen LogP contribution in [0.2, 0.25) is 0 Å². The molecular weight excluding hydrogens is 200 g/mol. The molecule has 0 heterocycles. The van der Waals surface area contributed by atoms with Crippen LogP contribution in [-0.2, 0) is 10.0 Å². The minimum absolute atomic E-state index is 0.410. The molecular formula is C9H12N2O2S. The number of nitrogens with two attached hydrogens (primary N) is 1. The average Bonchev–Trinajstić information content (AvgIpc) is 2.08. The second-order valence-corrected chi connectivity index (χ2v) is 5.51. The molecule has 4 nitrogen and oxygen atoms in total. The first-order valence-corrected chi connectivity index (χ1v) is 5.69. The van der Waals surface area contributed by atoms with Gasteiger partial charge in [0.05, 0.1) is 6.07 Å². The van der Waals surface area contributed by atoms with Crippen LogP contribution in [0.25, 0.3) is 0 Å². The molecule has 0 saturated carbocycles. The predicted molar refractivity (Wildman–Crippen MR) is 53.5 cm³/mol. The summed E-state index contributed by atoms with van der Waals surface area (Å²) in [5.41, 5.74) is 0.434. The summed E-state index contributed by atoms with van der Waals surface area (Å²) >= 11 is 0. The van der Waals surface area contributed by atoms with Gasteiger partial charge in [0.25, 0.3) is 0 Å². The number of nitrogens with zero attached hydrogens (tertiary/aromatic N) is 1. The van der Waals surface area contributed by atoms with Crippen molar-refractivity contribution in [2.24, 2.45) is 11.1 Å². The van der Waals surface area contributed by atoms with E-state index in [4.69, 9.17) is 10.4 Å². The monoisotopic (exact) mass is 212 g/mol. The molecule has 2 unspecified atom stereocenters. The third kappa shape index (κ3) is 1.47. The van der Waals surface area contributed by atoms with Gasteiger partial charge in [-0.15, -0.1) is 0 Å². The van der Waals surface area contributed by atoms with Crippen LogP contribution in [0.1, 0.15) is 13.8 Å². The lowest BCUT2D eigenvalue weighted by Crippen LogP contribution is -2.45. The van der Waals surface area contributed by atoms with Crippen molar-refractivity contribution in [1.29, 1.82) is 5.26 Å². The van der Waals surface area contributed by atoms with Crippen LogP contribution < -0.4 is 5.14 Å². The summed E-state index contributed by atoms with van der Waals surface area (Å²) < 4.78 is 21.6. The molecule has 2 atom stereocenters. The van der Waals surface area contributed by atoms with Crippen molar-refractivity contribution in [2.45, 2.75) is 18.6 Å². The summed E-state index contributed by atoms with van der Waals surface area (Å²) in [5.74, 6) is -0.410. The Hall–Kier alpha value is -1.12. The second kappa shape index (κ2) is 3.23. The van der Waals surface area contributed by atoms with E-state index in [2.05, 4.69) is 0 Å². The molecule has 0 aromatic carbocycles. The Morgan fingerprint density at radius 3 is 2.64 bits per heavy atom. The lowest BCUT2D eigenvalue weighted by atomic mass is 9.84. The maximum atomic E-state index is 11.4. The number of allylic oxidation sites excluding steroid dienone is 3. The van der Waals surface area contributed by atoms with E-state index in [1.165, 1.54) is 13.0 Å². The Balaban J connectivity index is 3.28. The van der Waals surface area contributed by atoms with Gasteiger partial charge < -0.3 is 0 Å². The summed E-state index contributed by atoms with van der Waals surface area (Å²) in [6.45, 7) is 3.21. The minimum atomic E-state index is -3.70. The fourth-order valence-corrected chi connectivity index (χ4v) is 2.30. The standard InChI is InChI=1S/C9H12N2O2S/c1-7-8(6-10)4-3-5-9(7,2)14(11,12)13/h3-5,7H,1-2H3,(H2,11,12,13). The van der Waals surface area contributed by atoms with E-state index in [1.54, 1.807) is 19.1 Å². The van der Waals surface area contributed by atoms with E-state index in [0.717, 1.165) is 0 Å². The van der Waals surface area contributed by atoms with Crippen LogP contribution >= 0.6 is 0 Å². The number of hydrogen-bond acceptors (Lipinski definition) is 3. The molecule has 0 saturated heterocycles. The van der Waals surface area contributed by atoms with E-state index >= 15 is 0 Å². The molecule has 0 aromatic heterocycles. The number of nitriles is 1. The Morgan fingerprint density at radius 1 is 1.64 bits per heavy atom. The Labute approximate surface area is 83.8 Å². The van der Waals surface area contributed by atoms with Crippen LogP contribution in [0.15, 0.2) is 23.8 Å². The van der Waals surface area contributed by atoms with E-state index in [9.17, 15) is 8.42 Å². The third-order valence-electron chi connectivity index (χ3n) is 2.77. The van der Waals surface area contributed by atoms with Crippen molar-refractivity contribution >= 4 is 10.0 Å². The van der Waals surface area contributed by atoms with Gasteiger partial charge in [0.2, 0.25) is 10.0 Å². The van der Waals surface area contributed by atoms with Crippen molar-refractivity contribution in [2.75, 3.05) is 0 Å². The first-order chi connectivity index (χ1) is 6.33. The van der Waals surface area contributed by atoms with Crippen LogP contribution in [0.4, 0.5) is 0 Å². The SMILES string of the molecule is CC1C(C#N)=CC=CC1(C)S(N)(=O)=O. The van der Waals surface area contributed by atoms with Gasteiger partial charge in [0.1, 0.15) is 4.75 Å². The first-order valence-electron chi connectivity index (χ1n) is 4.15. The van der Waals surface area contributed by atoms with E-state index in [0.29, 0.717) is 5.57 Å². The van der Waals surface area contributed by atoms with Gasteiger partial charge in [-0.2, -0.15) is 5.26 Å². The van der Waals surface area contributed by atoms with Gasteiger partial charge in [0, 0.05) is 11.5 Å². The molecule has 0 amide bonds. The van der Waals surface area contributed by atoms with Crippen LogP contribution in [-0.4, -0.2) is 13.2 Å². The van der Waals surface area contributed by atoms with E-state index in [1.807, 2.05) is 6.07 Å². The molecule has 1 aliphatic carbocycles. The summed E-state index contributed by atoms with van der Waals surface area (Å²) in [7, 11) is -3.70. The zero-order chi connectivity index (χ0) is 11.0. The highest BCUT2D eigenvalue weighted by Crippen LogP contribution is 2.34. The van der Waals surface area contributed by atoms with Gasteiger partial charge in [-0.25, -0.2) is 13.6 Å². The molecule has 76 valence electrons. The van der Waals surface area contributed by atoms with Crippen LogP contribution in [0, 0.1) is 17.2 Å². The molecule has 1 rings (SSSR count). The maximum Gasteiger partial charge on any atom is 0.218 e. The van der Waals surface area contributed by atoms with E-state index < -0.39 is 20.7 Å². The van der Waals surface area contributed by atoms with Crippen molar-refractivity contribution in [1.82, 2.24) is 0 Å². The highest BCUT2D eigenvalue weighted by atomic mass is 32.2. The van der Waals surface area contributed by atoms with Crippen molar-refractivity contribution < 1.29 is 8.42 Å². The number of primary sulfonamides is 1. The molecule has 5 heteroatoms. The Morgan fingerprint density at radius 2 is 2.21 bits per heavy atom. The minimum Gasteiger partial charge on any atom is -0.228 e. The van der Waals surface area contributed by atoms with Crippen molar-refractivity contribution in [3.05, 3.63) is 23.8 Å². The molecule has 0 aromatic rings. The first kappa shape index (κ1) is 11.0. The predicted octanol–water partition coefficient (Wildman–Crippen LogP) is 0.689. The number of sulfonamides is 1. The fraction of sp³-hybridized carbons (Fsp3) is 0.444. The highest BCUT2D eigenvalue weighted by molar-refractivity contribution is 7.90. The Kier molecular flexibility index (Phi) is 2.52. The van der Waals surface area contributed by atoms with Crippen LogP contribution in [0.3, 0.4) is 0 Å². The van der Waals surface area contributed by atoms with Crippen molar-refractivity contribution in [3.8, 4) is 6.07 Å². The molecule has 0 aliphatic heterocycles. The second-order valence-electron chi connectivity index (χ2n) is 3.54. The van der Waals surface area contributed by atoms with Gasteiger partial charge in [-0.3, -0.25) is 0 Å². The zero-order valence-corrected chi connectivity index (χ0v) is 8.88. The molecule has 1 aliphatic rings. The molecule has 0 bridgehead atoms. The topological polar surface area (TPSA) is 83.9 Å². The maximum absolute atomic E-state index is 11.4. The molecule has 0 radical (unpaired) electrons. The lowest BCUT2D eigenvalue weighted by molar-refractivity contribution is 0.506. The fourth-order valence-electron chi connectivity index (χ4n) is 1.42. The molecule has 2 N–H and O–H groups in total. The van der Waals surface area contributed by atoms with Gasteiger partial charge >= 0.3 is 0 Å². The third-order valence-corrected chi connectivity index (χ3v) is 4.49. The number of hydrogen-bond donors (Lipinski definition) is 1. The van der Waals surface area contributed by atoms with Crippen molar-refractivity contribution in [3.63, 3.8) is 0 Å². The van der Waals surface area contributed by atoms with E-state index in [-0.39, 0.29) is 0 Å². The summed E-state index contributed by atoms with van der Waals surface area (Å²) in [6, 6.07) is 1.97. The van der Waals surface area contributed by atoms with Gasteiger partial charge in [-0.1, -0.05) is 19.1 Å². The molecule has 0 spiro atoms. The quantitative estimate of drug-likeness (QED) is 0.694. The number of rotatable bonds is 1. The molecule has 14 heavy (non-hydrogen) atoms. The zero-order valence-electron chi connectivity index (χ0n) is 8.06. The smallest absolute Gasteiger partial charge is 0.218 e. The van der Waals surface area contributed by atoms with Crippen LogP contribution in [0.5, 0.6) is 0 Å². The average molecular weight is 212 g/mol. The summed E-state index contributed by atoms with van der Waals surface area (Å²) in [6.07, 6.45) is 4.69. The summed E-state index contributed by atoms with van der Waals surface area (Å²) in [4.78, 5) is 0. The largest absolute Gasteiger partial charge is 0.228 e. The Bertz CT molecular complexity index is 442. The normalized spacial score (nSPS) is 32.1. The van der Waals surface area contributed by atoms with Gasteiger partial charge in [-0.05, 0) is 13.0 Å².